The number of hydrogen-bond acceptors (Lipinski definition) is 8. The van der Waals surface area contributed by atoms with Gasteiger partial charge < -0.3 is 35.9 Å². The molecule has 2 saturated heterocycles. The summed E-state index contributed by atoms with van der Waals surface area (Å²) in [7, 11) is 0. The van der Waals surface area contributed by atoms with Crippen LogP contribution in [-0.4, -0.2) is 74.7 Å². The van der Waals surface area contributed by atoms with Crippen molar-refractivity contribution in [1.82, 2.24) is 15.6 Å². The van der Waals surface area contributed by atoms with E-state index in [-0.39, 0.29) is 30.9 Å². The topological polar surface area (TPSA) is 137 Å². The maximum Gasteiger partial charge on any atom is 0.407 e. The van der Waals surface area contributed by atoms with E-state index in [2.05, 4.69) is 20.9 Å². The Kier molecular flexibility index (Phi) is 12.0. The van der Waals surface area contributed by atoms with E-state index in [1.54, 1.807) is 0 Å². The second kappa shape index (κ2) is 16.6. The fourth-order valence-corrected chi connectivity index (χ4v) is 5.92. The minimum atomic E-state index is -1.12. The van der Waals surface area contributed by atoms with Gasteiger partial charge >= 0.3 is 6.09 Å². The average molecular weight is 656 g/mol. The zero-order valence-electron chi connectivity index (χ0n) is 25.9. The summed E-state index contributed by atoms with van der Waals surface area (Å²) in [5, 5.41) is 9.21. The van der Waals surface area contributed by atoms with E-state index in [1.165, 1.54) is 54.7 Å². The van der Waals surface area contributed by atoms with Crippen molar-refractivity contribution in [2.24, 2.45) is 11.7 Å². The van der Waals surface area contributed by atoms with Gasteiger partial charge in [-0.3, -0.25) is 9.78 Å². The Bertz CT molecular complexity index is 1420. The number of ether oxygens (including phenoxy) is 3. The van der Waals surface area contributed by atoms with Crippen LogP contribution in [0.1, 0.15) is 41.9 Å². The average Bonchev–Trinajstić information content (AvgIpc) is 3.08. The number of morpholine rings is 1. The molecule has 2 amide bonds. The summed E-state index contributed by atoms with van der Waals surface area (Å²) in [4.78, 5) is 29.0. The number of carbonyl (C=O) groups excluding carboxylic acids is 2. The molecule has 5 rings (SSSR count). The lowest BCUT2D eigenvalue weighted by atomic mass is 9.84. The maximum absolute atomic E-state index is 15.2. The predicted octanol–water partition coefficient (Wildman–Crippen LogP) is 4.04. The number of anilines is 1. The Labute approximate surface area is 271 Å². The number of hydrogen-bond donors (Lipinski definition) is 4. The number of nitrogens with two attached hydrogens (primary N) is 1. The molecule has 5 N–H and O–H groups in total. The van der Waals surface area contributed by atoms with E-state index >= 15 is 4.39 Å². The quantitative estimate of drug-likeness (QED) is 0.217. The summed E-state index contributed by atoms with van der Waals surface area (Å²) in [5.41, 5.74) is 7.54. The molecule has 0 unspecified atom stereocenters. The fourth-order valence-electron chi connectivity index (χ4n) is 5.92. The van der Waals surface area contributed by atoms with E-state index in [4.69, 9.17) is 19.9 Å². The first kappa shape index (κ1) is 34.1. The number of nitrogens with one attached hydrogen (secondary N) is 3. The third kappa shape index (κ3) is 9.66. The molecule has 3 atom stereocenters. The first-order valence-corrected chi connectivity index (χ1v) is 15.8. The minimum Gasteiger partial charge on any atom is -0.448 e. The lowest BCUT2D eigenvalue weighted by molar-refractivity contribution is -0.119. The van der Waals surface area contributed by atoms with Gasteiger partial charge in [-0.15, -0.1) is 0 Å². The highest BCUT2D eigenvalue weighted by Crippen LogP contribution is 2.32. The highest BCUT2D eigenvalue weighted by Gasteiger charge is 2.31. The number of nitrogens with zero attached hydrogens (tertiary/aromatic N) is 1. The van der Waals surface area contributed by atoms with Crippen molar-refractivity contribution < 1.29 is 37.0 Å². The molecular weight excluding hydrogens is 615 g/mol. The number of rotatable bonds is 13. The molecular formula is C34H40F3N5O5. The number of primary amides is 1. The van der Waals surface area contributed by atoms with Crippen LogP contribution in [0.2, 0.25) is 0 Å². The summed E-state index contributed by atoms with van der Waals surface area (Å²) in [6.07, 6.45) is 4.33. The summed E-state index contributed by atoms with van der Waals surface area (Å²) in [5.74, 6) is -2.60. The smallest absolute Gasteiger partial charge is 0.407 e. The Morgan fingerprint density at radius 1 is 1.00 bits per heavy atom. The van der Waals surface area contributed by atoms with Crippen LogP contribution in [0.5, 0.6) is 0 Å². The monoisotopic (exact) mass is 655 g/mol. The maximum atomic E-state index is 15.2. The second-order valence-electron chi connectivity index (χ2n) is 11.9. The van der Waals surface area contributed by atoms with Gasteiger partial charge in [0.15, 0.2) is 0 Å². The zero-order chi connectivity index (χ0) is 33.2. The molecule has 13 heteroatoms. The molecule has 0 saturated carbocycles. The molecule has 10 nitrogen and oxygen atoms in total. The second-order valence-corrected chi connectivity index (χ2v) is 11.9. The molecule has 2 fully saturated rings. The number of amides is 2. The molecule has 252 valence electrons. The van der Waals surface area contributed by atoms with Crippen LogP contribution in [0.4, 0.5) is 23.7 Å². The standard InChI is InChI=1S/C34H40F3N5O5/c35-24-5-1-22(2-6-24)31(23-3-7-25(36)8-4-23)32(33(38)43)42-30-18-39-17-29(37)28(30)10-9-27-16-40-26(19-46-27)20-47-34(44)41-15-21-11-13-45-14-12-21/h1-8,17-18,21,26-27,31-32,40,42H,9-16,19-20H2,(H2,38,43)(H,41,44)/t26-,27+,32-/m0/s1. The van der Waals surface area contributed by atoms with Crippen LogP contribution in [0.15, 0.2) is 60.9 Å². The Morgan fingerprint density at radius 2 is 1.66 bits per heavy atom. The fraction of sp³-hybridized carbons (Fsp3) is 0.441. The molecule has 2 aliphatic heterocycles. The van der Waals surface area contributed by atoms with Crippen LogP contribution in [0.3, 0.4) is 0 Å². The number of carbonyl (C=O) groups is 2. The molecule has 0 bridgehead atoms. The van der Waals surface area contributed by atoms with Gasteiger partial charge in [-0.1, -0.05) is 24.3 Å². The van der Waals surface area contributed by atoms with Crippen molar-refractivity contribution in [3.05, 3.63) is 95.1 Å². The summed E-state index contributed by atoms with van der Waals surface area (Å²) in [6, 6.07) is 9.85. The van der Waals surface area contributed by atoms with Crippen LogP contribution in [-0.2, 0) is 25.4 Å². The number of halogens is 3. The molecule has 0 spiro atoms. The van der Waals surface area contributed by atoms with E-state index in [9.17, 15) is 18.4 Å². The Hall–Kier alpha value is -4.20. The van der Waals surface area contributed by atoms with E-state index < -0.39 is 41.4 Å². The number of alkyl carbamates (subject to hydrolysis) is 1. The van der Waals surface area contributed by atoms with Gasteiger partial charge in [0.05, 0.1) is 36.8 Å². The van der Waals surface area contributed by atoms with Crippen LogP contribution < -0.4 is 21.7 Å². The van der Waals surface area contributed by atoms with Gasteiger partial charge in [0.25, 0.3) is 0 Å². The summed E-state index contributed by atoms with van der Waals surface area (Å²) in [6.45, 7) is 2.90. The van der Waals surface area contributed by atoms with Crippen molar-refractivity contribution in [3.63, 3.8) is 0 Å². The summed E-state index contributed by atoms with van der Waals surface area (Å²) < 4.78 is 59.4. The van der Waals surface area contributed by atoms with E-state index in [0.717, 1.165) is 19.0 Å². The highest BCUT2D eigenvalue weighted by molar-refractivity contribution is 5.85. The largest absolute Gasteiger partial charge is 0.448 e. The first-order valence-electron chi connectivity index (χ1n) is 15.8. The molecule has 47 heavy (non-hydrogen) atoms. The molecule has 1 aromatic heterocycles. The Morgan fingerprint density at radius 3 is 2.26 bits per heavy atom. The summed E-state index contributed by atoms with van der Waals surface area (Å²) >= 11 is 0. The van der Waals surface area contributed by atoms with Gasteiger partial charge in [0.1, 0.15) is 30.1 Å². The molecule has 3 aromatic rings. The van der Waals surface area contributed by atoms with Crippen LogP contribution in [0, 0.1) is 23.4 Å². The highest BCUT2D eigenvalue weighted by atomic mass is 19.1. The van der Waals surface area contributed by atoms with E-state index in [1.807, 2.05) is 0 Å². The Balaban J connectivity index is 1.18. The third-order valence-corrected chi connectivity index (χ3v) is 8.59. The van der Waals surface area contributed by atoms with Gasteiger partial charge in [-0.05, 0) is 67.0 Å². The van der Waals surface area contributed by atoms with Crippen molar-refractivity contribution in [2.75, 3.05) is 44.8 Å². The SMILES string of the molecule is NC(=O)[C@@H](Nc1cncc(F)c1CC[C@@H]1CN[C@H](COC(=O)NCC2CCOCC2)CO1)C(c1ccc(F)cc1)c1ccc(F)cc1. The van der Waals surface area contributed by atoms with Crippen molar-refractivity contribution >= 4 is 17.7 Å². The lowest BCUT2D eigenvalue weighted by Gasteiger charge is -2.31. The molecule has 0 aliphatic carbocycles. The normalized spacial score (nSPS) is 19.2. The molecule has 2 aliphatic rings. The molecule has 0 radical (unpaired) electrons. The van der Waals surface area contributed by atoms with Crippen LogP contribution in [0.25, 0.3) is 0 Å². The van der Waals surface area contributed by atoms with E-state index in [0.29, 0.717) is 61.9 Å². The lowest BCUT2D eigenvalue weighted by Crippen LogP contribution is -2.49. The minimum absolute atomic E-state index is 0.150. The van der Waals surface area contributed by atoms with Gasteiger partial charge in [0, 0.05) is 37.8 Å². The van der Waals surface area contributed by atoms with Crippen molar-refractivity contribution in [2.45, 2.75) is 49.8 Å². The van der Waals surface area contributed by atoms with Crippen LogP contribution >= 0.6 is 0 Å². The molecule has 3 heterocycles. The number of pyridine rings is 1. The van der Waals surface area contributed by atoms with Gasteiger partial charge in [-0.25, -0.2) is 18.0 Å². The first-order chi connectivity index (χ1) is 22.8. The molecule has 2 aromatic carbocycles. The van der Waals surface area contributed by atoms with Crippen molar-refractivity contribution in [1.29, 1.82) is 0 Å². The predicted molar refractivity (Wildman–Crippen MR) is 168 cm³/mol. The number of aromatic nitrogens is 1. The van der Waals surface area contributed by atoms with Gasteiger partial charge in [0.2, 0.25) is 5.91 Å². The third-order valence-electron chi connectivity index (χ3n) is 8.59. The van der Waals surface area contributed by atoms with Crippen molar-refractivity contribution in [3.8, 4) is 0 Å². The van der Waals surface area contributed by atoms with Gasteiger partial charge in [-0.2, -0.15) is 0 Å². The number of benzene rings is 2. The zero-order valence-corrected chi connectivity index (χ0v) is 25.9.